The Kier molecular flexibility index (Phi) is 10.3. The van der Waals surface area contributed by atoms with E-state index in [1.807, 2.05) is 0 Å². The van der Waals surface area contributed by atoms with E-state index >= 15 is 0 Å². The van der Waals surface area contributed by atoms with Crippen LogP contribution < -0.4 is 16.4 Å². The number of piperidine rings is 2. The number of likely N-dealkylation sites (tertiary alicyclic amines) is 2. The molecular weight excluding hydrogens is 400 g/mol. The Bertz CT molecular complexity index is 714. The van der Waals surface area contributed by atoms with Crippen molar-refractivity contribution in [1.29, 1.82) is 0 Å². The molecule has 7 heteroatoms. The molecule has 3 rings (SSSR count). The number of aliphatic imine (C=N–C) groups is 1. The van der Waals surface area contributed by atoms with E-state index in [4.69, 9.17) is 10.7 Å². The lowest BCUT2D eigenvalue weighted by Gasteiger charge is -2.31. The molecule has 4 N–H and O–H groups in total. The standard InChI is InChI=1S/C25H42N6O/c1-2-27-25(28-13-7-17-31-16-6-8-23(20-31)24(26)32)29-18-21-9-11-22(12-10-21)19-30-14-4-3-5-15-30/h9-12,23H,2-8,13-20H2,1H3,(H2,26,32)(H2,27,28,29). The maximum absolute atomic E-state index is 11.4. The summed E-state index contributed by atoms with van der Waals surface area (Å²) in [4.78, 5) is 21.1. The molecule has 0 saturated carbocycles. The molecule has 2 fully saturated rings. The molecule has 2 aliphatic rings. The van der Waals surface area contributed by atoms with Crippen molar-refractivity contribution in [1.82, 2.24) is 20.4 Å². The van der Waals surface area contributed by atoms with E-state index in [0.29, 0.717) is 6.54 Å². The molecule has 178 valence electrons. The molecule has 0 aromatic heterocycles. The molecular formula is C25H42N6O. The number of amides is 1. The molecule has 1 atom stereocenters. The molecule has 0 bridgehead atoms. The van der Waals surface area contributed by atoms with Gasteiger partial charge in [-0.25, -0.2) is 4.99 Å². The van der Waals surface area contributed by atoms with Gasteiger partial charge in [-0.05, 0) is 76.3 Å². The second kappa shape index (κ2) is 13.4. The van der Waals surface area contributed by atoms with Crippen molar-refractivity contribution in [2.24, 2.45) is 16.6 Å². The van der Waals surface area contributed by atoms with E-state index in [0.717, 1.165) is 64.5 Å². The lowest BCUT2D eigenvalue weighted by Crippen LogP contribution is -2.43. The summed E-state index contributed by atoms with van der Waals surface area (Å²) < 4.78 is 0. The number of carbonyl (C=O) groups is 1. The lowest BCUT2D eigenvalue weighted by molar-refractivity contribution is -0.123. The first kappa shape index (κ1) is 24.5. The summed E-state index contributed by atoms with van der Waals surface area (Å²) in [5, 5.41) is 6.78. The molecule has 0 radical (unpaired) electrons. The van der Waals surface area contributed by atoms with Crippen LogP contribution in [-0.2, 0) is 17.9 Å². The van der Waals surface area contributed by atoms with Crippen LogP contribution in [-0.4, -0.2) is 67.5 Å². The Morgan fingerprint density at radius 1 is 1.03 bits per heavy atom. The van der Waals surface area contributed by atoms with Crippen molar-refractivity contribution in [2.75, 3.05) is 45.8 Å². The monoisotopic (exact) mass is 442 g/mol. The van der Waals surface area contributed by atoms with Gasteiger partial charge in [0.1, 0.15) is 0 Å². The van der Waals surface area contributed by atoms with E-state index in [9.17, 15) is 4.79 Å². The Labute approximate surface area is 193 Å². The summed E-state index contributed by atoms with van der Waals surface area (Å²) in [6.45, 7) is 10.8. The highest BCUT2D eigenvalue weighted by atomic mass is 16.1. The Morgan fingerprint density at radius 2 is 1.75 bits per heavy atom. The van der Waals surface area contributed by atoms with Crippen LogP contribution in [0.15, 0.2) is 29.3 Å². The third-order valence-corrected chi connectivity index (χ3v) is 6.49. The lowest BCUT2D eigenvalue weighted by atomic mass is 9.97. The van der Waals surface area contributed by atoms with Crippen molar-refractivity contribution in [2.45, 2.75) is 58.5 Å². The van der Waals surface area contributed by atoms with E-state index in [-0.39, 0.29) is 11.8 Å². The van der Waals surface area contributed by atoms with E-state index in [1.165, 1.54) is 43.5 Å². The largest absolute Gasteiger partial charge is 0.369 e. The summed E-state index contributed by atoms with van der Waals surface area (Å²) in [7, 11) is 0. The molecule has 1 aromatic carbocycles. The second-order valence-electron chi connectivity index (χ2n) is 9.17. The first-order valence-electron chi connectivity index (χ1n) is 12.5. The fourth-order valence-electron chi connectivity index (χ4n) is 4.64. The van der Waals surface area contributed by atoms with E-state index in [1.54, 1.807) is 0 Å². The van der Waals surface area contributed by atoms with Crippen molar-refractivity contribution in [3.8, 4) is 0 Å². The summed E-state index contributed by atoms with van der Waals surface area (Å²) in [6, 6.07) is 8.91. The zero-order valence-corrected chi connectivity index (χ0v) is 19.8. The number of benzene rings is 1. The SMILES string of the molecule is CCNC(=NCc1ccc(CN2CCCCC2)cc1)NCCCN1CCCC(C(N)=O)C1. The van der Waals surface area contributed by atoms with Crippen molar-refractivity contribution < 1.29 is 4.79 Å². The quantitative estimate of drug-likeness (QED) is 0.294. The molecule has 7 nitrogen and oxygen atoms in total. The third-order valence-electron chi connectivity index (χ3n) is 6.49. The topological polar surface area (TPSA) is 86.0 Å². The summed E-state index contributed by atoms with van der Waals surface area (Å²) in [6.07, 6.45) is 7.05. The minimum atomic E-state index is -0.158. The van der Waals surface area contributed by atoms with Crippen LogP contribution in [0.1, 0.15) is 56.6 Å². The molecule has 0 aliphatic carbocycles. The first-order valence-corrected chi connectivity index (χ1v) is 12.5. The highest BCUT2D eigenvalue weighted by molar-refractivity contribution is 5.79. The summed E-state index contributed by atoms with van der Waals surface area (Å²) >= 11 is 0. The molecule has 2 saturated heterocycles. The van der Waals surface area contributed by atoms with Crippen molar-refractivity contribution >= 4 is 11.9 Å². The number of nitrogens with two attached hydrogens (primary N) is 1. The van der Waals surface area contributed by atoms with Crippen LogP contribution in [0, 0.1) is 5.92 Å². The second-order valence-corrected chi connectivity index (χ2v) is 9.17. The number of carbonyl (C=O) groups excluding carboxylic acids is 1. The minimum Gasteiger partial charge on any atom is -0.369 e. The van der Waals surface area contributed by atoms with Crippen LogP contribution in [0.2, 0.25) is 0 Å². The van der Waals surface area contributed by atoms with E-state index in [2.05, 4.69) is 51.6 Å². The molecule has 1 aromatic rings. The Hall–Kier alpha value is -2.12. The molecule has 2 aliphatic heterocycles. The van der Waals surface area contributed by atoms with Crippen LogP contribution in [0.3, 0.4) is 0 Å². The molecule has 1 amide bonds. The molecule has 32 heavy (non-hydrogen) atoms. The zero-order chi connectivity index (χ0) is 22.6. The van der Waals surface area contributed by atoms with Gasteiger partial charge in [0, 0.05) is 26.2 Å². The average Bonchev–Trinajstić information content (AvgIpc) is 2.82. The number of hydrogen-bond acceptors (Lipinski definition) is 4. The van der Waals surface area contributed by atoms with Gasteiger partial charge in [0.25, 0.3) is 0 Å². The highest BCUT2D eigenvalue weighted by Gasteiger charge is 2.23. The smallest absolute Gasteiger partial charge is 0.221 e. The number of guanidine groups is 1. The number of primary amides is 1. The number of hydrogen-bond donors (Lipinski definition) is 3. The van der Waals surface area contributed by atoms with Crippen LogP contribution in [0.5, 0.6) is 0 Å². The maximum atomic E-state index is 11.4. The molecule has 0 spiro atoms. The van der Waals surface area contributed by atoms with Crippen molar-refractivity contribution in [3.63, 3.8) is 0 Å². The van der Waals surface area contributed by atoms with Gasteiger partial charge in [-0.2, -0.15) is 0 Å². The minimum absolute atomic E-state index is 0.0156. The van der Waals surface area contributed by atoms with Gasteiger partial charge < -0.3 is 21.3 Å². The normalized spacial score (nSPS) is 20.8. The number of nitrogens with one attached hydrogen (secondary N) is 2. The third kappa shape index (κ3) is 8.43. The zero-order valence-electron chi connectivity index (χ0n) is 19.8. The predicted molar refractivity (Wildman–Crippen MR) is 131 cm³/mol. The average molecular weight is 443 g/mol. The molecule has 1 unspecified atom stereocenters. The highest BCUT2D eigenvalue weighted by Crippen LogP contribution is 2.16. The Balaban J connectivity index is 1.39. The van der Waals surface area contributed by atoms with Gasteiger partial charge in [0.15, 0.2) is 5.96 Å². The van der Waals surface area contributed by atoms with Gasteiger partial charge in [-0.15, -0.1) is 0 Å². The fraction of sp³-hybridized carbons (Fsp3) is 0.680. The van der Waals surface area contributed by atoms with Crippen LogP contribution >= 0.6 is 0 Å². The number of nitrogens with zero attached hydrogens (tertiary/aromatic N) is 3. The fourth-order valence-corrected chi connectivity index (χ4v) is 4.64. The van der Waals surface area contributed by atoms with Gasteiger partial charge in [-0.1, -0.05) is 30.7 Å². The van der Waals surface area contributed by atoms with Crippen LogP contribution in [0.25, 0.3) is 0 Å². The number of rotatable bonds is 10. The summed E-state index contributed by atoms with van der Waals surface area (Å²) in [5.74, 6) is 0.717. The summed E-state index contributed by atoms with van der Waals surface area (Å²) in [5.41, 5.74) is 8.11. The van der Waals surface area contributed by atoms with Gasteiger partial charge in [0.05, 0.1) is 12.5 Å². The van der Waals surface area contributed by atoms with Gasteiger partial charge in [0.2, 0.25) is 5.91 Å². The first-order chi connectivity index (χ1) is 15.6. The predicted octanol–water partition coefficient (Wildman–Crippen LogP) is 2.32. The maximum Gasteiger partial charge on any atom is 0.221 e. The Morgan fingerprint density at radius 3 is 2.47 bits per heavy atom. The van der Waals surface area contributed by atoms with Crippen LogP contribution in [0.4, 0.5) is 0 Å². The van der Waals surface area contributed by atoms with Gasteiger partial charge in [-0.3, -0.25) is 9.69 Å². The molecule has 2 heterocycles. The van der Waals surface area contributed by atoms with Gasteiger partial charge >= 0.3 is 0 Å². The van der Waals surface area contributed by atoms with E-state index < -0.39 is 0 Å². The van der Waals surface area contributed by atoms with Crippen molar-refractivity contribution in [3.05, 3.63) is 35.4 Å².